The quantitative estimate of drug-likeness (QED) is 0.410. The van der Waals surface area contributed by atoms with Crippen LogP contribution < -0.4 is 0 Å². The molecule has 0 spiro atoms. The summed E-state index contributed by atoms with van der Waals surface area (Å²) < 4.78 is 2.13. The normalized spacial score (nSPS) is 11.4. The predicted octanol–water partition coefficient (Wildman–Crippen LogP) is 5.43. The zero-order valence-corrected chi connectivity index (χ0v) is 18.2. The molecule has 0 fully saturated rings. The number of Topliss-reactive ketones (excluding diaryl/α,β-unsaturated/α-hetero) is 1. The van der Waals surface area contributed by atoms with E-state index in [-0.39, 0.29) is 17.5 Å². The van der Waals surface area contributed by atoms with Gasteiger partial charge >= 0.3 is 0 Å². The Kier molecular flexibility index (Phi) is 5.85. The molecule has 0 saturated heterocycles. The van der Waals surface area contributed by atoms with Gasteiger partial charge in [-0.05, 0) is 55.2 Å². The van der Waals surface area contributed by atoms with Crippen molar-refractivity contribution in [2.45, 2.75) is 46.1 Å². The average Bonchev–Trinajstić information content (AvgIpc) is 3.07. The molecule has 0 aliphatic heterocycles. The summed E-state index contributed by atoms with van der Waals surface area (Å²) >= 11 is 0. The topological polar surface area (TPSA) is 68.0 Å². The van der Waals surface area contributed by atoms with Crippen LogP contribution in [-0.2, 0) is 13.0 Å². The molecule has 0 unspecified atom stereocenters. The van der Waals surface area contributed by atoms with Crippen molar-refractivity contribution in [2.24, 2.45) is 0 Å². The number of aryl methyl sites for hydroxylation is 2. The van der Waals surface area contributed by atoms with E-state index in [9.17, 15) is 9.90 Å². The predicted molar refractivity (Wildman–Crippen MR) is 123 cm³/mol. The highest BCUT2D eigenvalue weighted by molar-refractivity contribution is 6.10. The summed E-state index contributed by atoms with van der Waals surface area (Å²) in [5, 5.41) is 11.0. The molecule has 4 aromatic rings. The molecule has 158 valence electrons. The van der Waals surface area contributed by atoms with Crippen LogP contribution in [-0.4, -0.2) is 25.4 Å². The number of phenols is 1. The monoisotopic (exact) mass is 413 g/mol. The highest BCUT2D eigenvalue weighted by Crippen LogP contribution is 2.35. The van der Waals surface area contributed by atoms with Crippen molar-refractivity contribution in [2.75, 3.05) is 0 Å². The minimum absolute atomic E-state index is 0.111. The van der Waals surface area contributed by atoms with Gasteiger partial charge in [-0.2, -0.15) is 0 Å². The Morgan fingerprint density at radius 2 is 1.94 bits per heavy atom. The van der Waals surface area contributed by atoms with Gasteiger partial charge in [-0.25, -0.2) is 0 Å². The first kappa shape index (κ1) is 20.8. The van der Waals surface area contributed by atoms with Gasteiger partial charge in [0.1, 0.15) is 5.75 Å². The first-order valence-electron chi connectivity index (χ1n) is 10.6. The average molecular weight is 414 g/mol. The number of pyridine rings is 2. The molecule has 0 bridgehead atoms. The molecule has 3 heterocycles. The second-order valence-electron chi connectivity index (χ2n) is 8.25. The Hall–Kier alpha value is -3.47. The molecule has 5 heteroatoms. The number of phenolic OH excluding ortho intramolecular Hbond substituents is 1. The standard InChI is InChI=1S/C26H27N3O2/c1-17(2)26-25(24(31)12-9-19-8-7-18(3)28-15-19)22-11-10-21(30)14-23(22)29(26)16-20-6-4-5-13-27-20/h4-8,10-11,13-15,17,30H,9,12,16H2,1-3H3. The van der Waals surface area contributed by atoms with Crippen molar-refractivity contribution >= 4 is 16.7 Å². The third kappa shape index (κ3) is 4.36. The Labute approximate surface area is 182 Å². The van der Waals surface area contributed by atoms with E-state index in [0.717, 1.165) is 39.1 Å². The summed E-state index contributed by atoms with van der Waals surface area (Å²) in [6, 6.07) is 15.1. The van der Waals surface area contributed by atoms with Crippen LogP contribution in [0.1, 0.15) is 59.2 Å². The van der Waals surface area contributed by atoms with Crippen molar-refractivity contribution < 1.29 is 9.90 Å². The third-order valence-electron chi connectivity index (χ3n) is 5.57. The van der Waals surface area contributed by atoms with Crippen LogP contribution in [0.5, 0.6) is 5.75 Å². The maximum Gasteiger partial charge on any atom is 0.165 e. The second kappa shape index (κ2) is 8.72. The number of hydrogen-bond acceptors (Lipinski definition) is 4. The smallest absolute Gasteiger partial charge is 0.165 e. The maximum atomic E-state index is 13.5. The number of carbonyl (C=O) groups is 1. The van der Waals surface area contributed by atoms with E-state index < -0.39 is 0 Å². The summed E-state index contributed by atoms with van der Waals surface area (Å²) in [5.74, 6) is 0.435. The number of rotatable bonds is 7. The van der Waals surface area contributed by atoms with Gasteiger partial charge in [0.05, 0.1) is 17.8 Å². The fraction of sp³-hybridized carbons (Fsp3) is 0.269. The number of nitrogens with zero attached hydrogens (tertiary/aromatic N) is 3. The highest BCUT2D eigenvalue weighted by Gasteiger charge is 2.24. The first-order valence-corrected chi connectivity index (χ1v) is 10.6. The molecule has 5 nitrogen and oxygen atoms in total. The molecule has 0 aliphatic rings. The molecule has 0 amide bonds. The van der Waals surface area contributed by atoms with E-state index in [1.807, 2.05) is 49.5 Å². The van der Waals surface area contributed by atoms with Crippen LogP contribution >= 0.6 is 0 Å². The van der Waals surface area contributed by atoms with E-state index in [4.69, 9.17) is 0 Å². The molecule has 1 N–H and O–H groups in total. The van der Waals surface area contributed by atoms with Crippen molar-refractivity contribution in [3.63, 3.8) is 0 Å². The Balaban J connectivity index is 1.77. The summed E-state index contributed by atoms with van der Waals surface area (Å²) in [5.41, 5.74) is 5.53. The van der Waals surface area contributed by atoms with Gasteiger partial charge in [0.15, 0.2) is 5.78 Å². The fourth-order valence-electron chi connectivity index (χ4n) is 4.10. The van der Waals surface area contributed by atoms with Crippen LogP contribution in [0.25, 0.3) is 10.9 Å². The Bertz CT molecular complexity index is 1210. The van der Waals surface area contributed by atoms with Crippen molar-refractivity contribution in [3.05, 3.63) is 89.1 Å². The summed E-state index contributed by atoms with van der Waals surface area (Å²) in [7, 11) is 0. The van der Waals surface area contributed by atoms with Gasteiger partial charge in [-0.15, -0.1) is 0 Å². The van der Waals surface area contributed by atoms with Crippen LogP contribution in [0.15, 0.2) is 60.9 Å². The maximum absolute atomic E-state index is 13.5. The van der Waals surface area contributed by atoms with Crippen LogP contribution in [0, 0.1) is 6.92 Å². The van der Waals surface area contributed by atoms with Gasteiger partial charge in [-0.1, -0.05) is 26.0 Å². The molecular weight excluding hydrogens is 386 g/mol. The van der Waals surface area contributed by atoms with Gasteiger partial charge in [0.25, 0.3) is 0 Å². The third-order valence-corrected chi connectivity index (χ3v) is 5.57. The van der Waals surface area contributed by atoms with Crippen molar-refractivity contribution in [1.29, 1.82) is 0 Å². The van der Waals surface area contributed by atoms with Crippen LogP contribution in [0.4, 0.5) is 0 Å². The minimum Gasteiger partial charge on any atom is -0.508 e. The zero-order chi connectivity index (χ0) is 22.0. The molecule has 0 aliphatic carbocycles. The summed E-state index contributed by atoms with van der Waals surface area (Å²) in [6.45, 7) is 6.70. The number of fused-ring (bicyclic) bond motifs is 1. The number of carbonyl (C=O) groups excluding carboxylic acids is 1. The fourth-order valence-corrected chi connectivity index (χ4v) is 4.10. The molecule has 3 aromatic heterocycles. The zero-order valence-electron chi connectivity index (χ0n) is 18.2. The second-order valence-corrected chi connectivity index (χ2v) is 8.25. The largest absolute Gasteiger partial charge is 0.508 e. The van der Waals surface area contributed by atoms with E-state index in [0.29, 0.717) is 19.4 Å². The molecule has 0 radical (unpaired) electrons. The van der Waals surface area contributed by atoms with Gasteiger partial charge < -0.3 is 9.67 Å². The number of ketones is 1. The SMILES string of the molecule is Cc1ccc(CCC(=O)c2c(C(C)C)n(Cc3ccccn3)c3cc(O)ccc23)cn1. The lowest BCUT2D eigenvalue weighted by molar-refractivity contribution is 0.0983. The first-order chi connectivity index (χ1) is 14.9. The Morgan fingerprint density at radius 3 is 2.61 bits per heavy atom. The molecular formula is C26H27N3O2. The molecule has 1 aromatic carbocycles. The Morgan fingerprint density at radius 1 is 1.10 bits per heavy atom. The summed E-state index contributed by atoms with van der Waals surface area (Å²) in [6.07, 6.45) is 4.67. The van der Waals surface area contributed by atoms with Gasteiger partial charge in [0, 0.05) is 47.2 Å². The van der Waals surface area contributed by atoms with E-state index in [1.165, 1.54) is 0 Å². The van der Waals surface area contributed by atoms with Crippen LogP contribution in [0.3, 0.4) is 0 Å². The lowest BCUT2D eigenvalue weighted by atomic mass is 9.96. The van der Waals surface area contributed by atoms with Crippen molar-refractivity contribution in [1.82, 2.24) is 14.5 Å². The number of benzene rings is 1. The van der Waals surface area contributed by atoms with Gasteiger partial charge in [0.2, 0.25) is 0 Å². The summed E-state index contributed by atoms with van der Waals surface area (Å²) in [4.78, 5) is 22.3. The lowest BCUT2D eigenvalue weighted by Gasteiger charge is -2.15. The van der Waals surface area contributed by atoms with Crippen molar-refractivity contribution in [3.8, 4) is 5.75 Å². The number of aromatic hydroxyl groups is 1. The number of hydrogen-bond donors (Lipinski definition) is 1. The van der Waals surface area contributed by atoms with E-state index >= 15 is 0 Å². The van der Waals surface area contributed by atoms with E-state index in [1.54, 1.807) is 18.3 Å². The molecule has 4 rings (SSSR count). The minimum atomic E-state index is 0.111. The van der Waals surface area contributed by atoms with E-state index in [2.05, 4.69) is 28.4 Å². The molecule has 0 atom stereocenters. The molecule has 0 saturated carbocycles. The van der Waals surface area contributed by atoms with Crippen LogP contribution in [0.2, 0.25) is 0 Å². The van der Waals surface area contributed by atoms with Gasteiger partial charge in [-0.3, -0.25) is 14.8 Å². The molecule has 31 heavy (non-hydrogen) atoms. The number of aromatic nitrogens is 3. The lowest BCUT2D eigenvalue weighted by Crippen LogP contribution is -2.11. The highest BCUT2D eigenvalue weighted by atomic mass is 16.3.